The lowest BCUT2D eigenvalue weighted by Gasteiger charge is -2.22. The number of carbonyl (C=O) groups excluding carboxylic acids is 2. The quantitative estimate of drug-likeness (QED) is 0.251. The Morgan fingerprint density at radius 2 is 1.46 bits per heavy atom. The molecule has 0 radical (unpaired) electrons. The summed E-state index contributed by atoms with van der Waals surface area (Å²) >= 11 is 0. The van der Waals surface area contributed by atoms with Crippen LogP contribution in [0.4, 0.5) is 4.79 Å². The summed E-state index contributed by atoms with van der Waals surface area (Å²) in [6.45, 7) is 9.79. The number of hydrogen-bond acceptors (Lipinski definition) is 4. The second kappa shape index (κ2) is 11.7. The lowest BCUT2D eigenvalue weighted by molar-refractivity contribution is -0.137. The van der Waals surface area contributed by atoms with E-state index in [1.807, 2.05) is 81.4 Å². The lowest BCUT2D eigenvalue weighted by atomic mass is 9.97. The van der Waals surface area contributed by atoms with E-state index >= 15 is 0 Å². The highest BCUT2D eigenvalue weighted by Crippen LogP contribution is 2.40. The second-order valence-electron chi connectivity index (χ2n) is 9.33. The molecular formula is C30H35NO4. The van der Waals surface area contributed by atoms with Crippen molar-refractivity contribution in [1.29, 1.82) is 0 Å². The van der Waals surface area contributed by atoms with Crippen LogP contribution in [0, 0.1) is 0 Å². The average molecular weight is 474 g/mol. The van der Waals surface area contributed by atoms with Gasteiger partial charge in [0.1, 0.15) is 5.60 Å². The van der Waals surface area contributed by atoms with Crippen LogP contribution in [0.5, 0.6) is 0 Å². The molecule has 0 aliphatic rings. The molecular weight excluding hydrogens is 438 g/mol. The smallest absolute Gasteiger partial charge is 0.419 e. The Balaban J connectivity index is 2.41. The molecule has 0 spiro atoms. The number of unbranched alkanes of at least 4 members (excludes halogenated alkanes) is 1. The molecule has 35 heavy (non-hydrogen) atoms. The van der Waals surface area contributed by atoms with E-state index in [-0.39, 0.29) is 0 Å². The van der Waals surface area contributed by atoms with Gasteiger partial charge in [-0.25, -0.2) is 14.2 Å². The molecule has 0 aliphatic heterocycles. The van der Waals surface area contributed by atoms with Crippen LogP contribution in [-0.4, -0.2) is 28.8 Å². The zero-order valence-corrected chi connectivity index (χ0v) is 21.3. The molecule has 0 saturated carbocycles. The molecule has 0 unspecified atom stereocenters. The van der Waals surface area contributed by atoms with Crippen molar-refractivity contribution >= 4 is 18.1 Å². The Morgan fingerprint density at radius 1 is 0.886 bits per heavy atom. The fourth-order valence-corrected chi connectivity index (χ4v) is 4.04. The number of benzene rings is 2. The Labute approximate surface area is 208 Å². The van der Waals surface area contributed by atoms with Crippen molar-refractivity contribution in [2.45, 2.75) is 59.5 Å². The summed E-state index contributed by atoms with van der Waals surface area (Å²) in [5.41, 5.74) is 4.42. The summed E-state index contributed by atoms with van der Waals surface area (Å²) < 4.78 is 12.7. The van der Waals surface area contributed by atoms with Gasteiger partial charge in [0, 0.05) is 11.6 Å². The SMILES string of the molecule is CCCCc1c(/C=C/C(=O)OCC)c(-c2ccccc2)n(C(=O)OC(C)(C)C)c1-c1ccccc1. The van der Waals surface area contributed by atoms with Crippen LogP contribution >= 0.6 is 0 Å². The fourth-order valence-electron chi connectivity index (χ4n) is 4.04. The van der Waals surface area contributed by atoms with E-state index in [1.165, 1.54) is 6.08 Å². The van der Waals surface area contributed by atoms with Crippen molar-refractivity contribution in [3.63, 3.8) is 0 Å². The predicted molar refractivity (Wildman–Crippen MR) is 141 cm³/mol. The van der Waals surface area contributed by atoms with E-state index in [0.717, 1.165) is 47.2 Å². The first kappa shape index (κ1) is 26.0. The van der Waals surface area contributed by atoms with Gasteiger partial charge in [-0.3, -0.25) is 0 Å². The lowest BCUT2D eigenvalue weighted by Crippen LogP contribution is -2.28. The maximum absolute atomic E-state index is 13.8. The molecule has 0 fully saturated rings. The number of carbonyl (C=O) groups is 2. The summed E-state index contributed by atoms with van der Waals surface area (Å²) in [4.78, 5) is 26.0. The Bertz CT molecular complexity index is 1170. The standard InChI is InChI=1S/C30H35NO4/c1-6-8-19-24-25(20-21-26(32)34-7-2)28(23-17-13-10-14-18-23)31(29(33)35-30(3,4)5)27(24)22-15-11-9-12-16-22/h9-18,20-21H,6-8,19H2,1-5H3/b21-20+. The zero-order chi connectivity index (χ0) is 25.4. The highest BCUT2D eigenvalue weighted by Gasteiger charge is 2.29. The minimum atomic E-state index is -0.673. The molecule has 3 aromatic rings. The van der Waals surface area contributed by atoms with Gasteiger partial charge in [0.15, 0.2) is 0 Å². The molecule has 1 aromatic heterocycles. The number of nitrogens with zero attached hydrogens (tertiary/aromatic N) is 1. The van der Waals surface area contributed by atoms with Gasteiger partial charge in [-0.2, -0.15) is 0 Å². The van der Waals surface area contributed by atoms with Crippen LogP contribution in [0.3, 0.4) is 0 Å². The topological polar surface area (TPSA) is 57.5 Å². The van der Waals surface area contributed by atoms with Crippen LogP contribution in [-0.2, 0) is 20.7 Å². The summed E-state index contributed by atoms with van der Waals surface area (Å²) in [7, 11) is 0. The number of aromatic nitrogens is 1. The summed E-state index contributed by atoms with van der Waals surface area (Å²) in [6, 6.07) is 19.6. The van der Waals surface area contributed by atoms with Gasteiger partial charge in [0.25, 0.3) is 0 Å². The molecule has 0 aliphatic carbocycles. The Hall–Kier alpha value is -3.60. The summed E-state index contributed by atoms with van der Waals surface area (Å²) in [6.07, 6.45) is 5.44. The summed E-state index contributed by atoms with van der Waals surface area (Å²) in [5.74, 6) is -0.417. The van der Waals surface area contributed by atoms with E-state index < -0.39 is 17.7 Å². The molecule has 3 rings (SSSR count). The Kier molecular flexibility index (Phi) is 8.69. The normalized spacial score (nSPS) is 11.6. The minimum absolute atomic E-state index is 0.297. The highest BCUT2D eigenvalue weighted by molar-refractivity contribution is 5.96. The van der Waals surface area contributed by atoms with Crippen LogP contribution in [0.25, 0.3) is 28.6 Å². The van der Waals surface area contributed by atoms with Gasteiger partial charge >= 0.3 is 12.1 Å². The first-order valence-corrected chi connectivity index (χ1v) is 12.2. The van der Waals surface area contributed by atoms with Crippen molar-refractivity contribution < 1.29 is 19.1 Å². The fraction of sp³-hybridized carbons (Fsp3) is 0.333. The van der Waals surface area contributed by atoms with E-state index in [0.29, 0.717) is 12.3 Å². The number of hydrogen-bond donors (Lipinski definition) is 0. The zero-order valence-electron chi connectivity index (χ0n) is 21.3. The van der Waals surface area contributed by atoms with Gasteiger partial charge < -0.3 is 9.47 Å². The van der Waals surface area contributed by atoms with Gasteiger partial charge in [-0.15, -0.1) is 0 Å². The molecule has 2 aromatic carbocycles. The van der Waals surface area contributed by atoms with Gasteiger partial charge in [0.05, 0.1) is 18.0 Å². The molecule has 5 heteroatoms. The first-order valence-electron chi connectivity index (χ1n) is 12.2. The molecule has 0 atom stereocenters. The molecule has 0 amide bonds. The van der Waals surface area contributed by atoms with Crippen molar-refractivity contribution in [3.05, 3.63) is 77.9 Å². The van der Waals surface area contributed by atoms with Crippen molar-refractivity contribution in [1.82, 2.24) is 4.57 Å². The highest BCUT2D eigenvalue weighted by atomic mass is 16.6. The number of ether oxygens (including phenoxy) is 2. The largest absolute Gasteiger partial charge is 0.463 e. The number of rotatable bonds is 8. The minimum Gasteiger partial charge on any atom is -0.463 e. The third kappa shape index (κ3) is 6.50. The first-order chi connectivity index (χ1) is 16.8. The maximum atomic E-state index is 13.8. The molecule has 1 heterocycles. The van der Waals surface area contributed by atoms with E-state index in [2.05, 4.69) is 6.92 Å². The predicted octanol–water partition coefficient (Wildman–Crippen LogP) is 7.52. The van der Waals surface area contributed by atoms with Crippen LogP contribution in [0.15, 0.2) is 66.7 Å². The number of esters is 1. The van der Waals surface area contributed by atoms with Gasteiger partial charge in [0.2, 0.25) is 0 Å². The molecule has 5 nitrogen and oxygen atoms in total. The van der Waals surface area contributed by atoms with E-state index in [9.17, 15) is 9.59 Å². The monoisotopic (exact) mass is 473 g/mol. The molecule has 0 N–H and O–H groups in total. The van der Waals surface area contributed by atoms with Crippen molar-refractivity contribution in [2.24, 2.45) is 0 Å². The van der Waals surface area contributed by atoms with Gasteiger partial charge in [-0.05, 0) is 63.3 Å². The average Bonchev–Trinajstić information content (AvgIpc) is 3.16. The maximum Gasteiger partial charge on any atom is 0.419 e. The molecule has 0 saturated heterocycles. The van der Waals surface area contributed by atoms with Crippen LogP contribution < -0.4 is 0 Å². The van der Waals surface area contributed by atoms with Crippen LogP contribution in [0.1, 0.15) is 58.6 Å². The summed E-state index contributed by atoms with van der Waals surface area (Å²) in [5, 5.41) is 0. The van der Waals surface area contributed by atoms with Gasteiger partial charge in [-0.1, -0.05) is 74.0 Å². The third-order valence-corrected chi connectivity index (χ3v) is 5.44. The van der Waals surface area contributed by atoms with Crippen molar-refractivity contribution in [3.8, 4) is 22.5 Å². The van der Waals surface area contributed by atoms with Crippen molar-refractivity contribution in [2.75, 3.05) is 6.61 Å². The Morgan fingerprint density at radius 3 is 1.97 bits per heavy atom. The van der Waals surface area contributed by atoms with E-state index in [1.54, 1.807) is 17.6 Å². The molecule has 184 valence electrons. The van der Waals surface area contributed by atoms with Crippen LogP contribution in [0.2, 0.25) is 0 Å². The van der Waals surface area contributed by atoms with E-state index in [4.69, 9.17) is 9.47 Å². The second-order valence-corrected chi connectivity index (χ2v) is 9.33. The molecule has 0 bridgehead atoms. The third-order valence-electron chi connectivity index (χ3n) is 5.44.